The highest BCUT2D eigenvalue weighted by Gasteiger charge is 2.28. The molecule has 2 N–H and O–H groups in total. The van der Waals surface area contributed by atoms with E-state index >= 15 is 0 Å². The van der Waals surface area contributed by atoms with E-state index in [4.69, 9.17) is 0 Å². The average Bonchev–Trinajstić information content (AvgIpc) is 3.10. The maximum Gasteiger partial charge on any atom is 0.210 e. The van der Waals surface area contributed by atoms with Crippen molar-refractivity contribution in [2.45, 2.75) is 53.4 Å². The van der Waals surface area contributed by atoms with Crippen LogP contribution < -0.4 is 4.99 Å². The highest BCUT2D eigenvalue weighted by Crippen LogP contribution is 2.41. The van der Waals surface area contributed by atoms with Crippen LogP contribution >= 0.6 is 0 Å². The number of fused-ring (bicyclic) bond motifs is 1. The molecule has 0 saturated heterocycles. The third kappa shape index (κ3) is 2.45. The monoisotopic (exact) mass is 319 g/mol. The van der Waals surface area contributed by atoms with Gasteiger partial charge in [-0.1, -0.05) is 6.08 Å². The van der Waals surface area contributed by atoms with Gasteiger partial charge in [-0.2, -0.15) is 0 Å². The molecule has 1 aliphatic heterocycles. The van der Waals surface area contributed by atoms with E-state index in [9.17, 15) is 0 Å². The quantitative estimate of drug-likeness (QED) is 0.786. The molecular weight excluding hydrogens is 292 g/mol. The molecular formula is C22H27N2+. The summed E-state index contributed by atoms with van der Waals surface area (Å²) in [6.45, 7) is 8.82. The number of H-pyrrole nitrogens is 1. The predicted molar refractivity (Wildman–Crippen MR) is 101 cm³/mol. The van der Waals surface area contributed by atoms with Crippen LogP contribution in [0.3, 0.4) is 0 Å². The molecule has 1 aromatic heterocycles. The molecule has 0 fully saturated rings. The SMILES string of the molecule is CC1=C(C)C(=C2C=C3C=C(c4[nH]cc(C)c4C)CCC3CC2)[NH+]=C1. The fourth-order valence-corrected chi connectivity index (χ4v) is 4.21. The van der Waals surface area contributed by atoms with Crippen molar-refractivity contribution in [1.29, 1.82) is 0 Å². The zero-order valence-corrected chi connectivity index (χ0v) is 15.2. The van der Waals surface area contributed by atoms with Crippen molar-refractivity contribution < 1.29 is 4.99 Å². The molecule has 2 aliphatic carbocycles. The predicted octanol–water partition coefficient (Wildman–Crippen LogP) is 3.90. The van der Waals surface area contributed by atoms with Gasteiger partial charge in [0, 0.05) is 28.6 Å². The molecule has 1 atom stereocenters. The van der Waals surface area contributed by atoms with Crippen molar-refractivity contribution >= 4 is 11.8 Å². The smallest absolute Gasteiger partial charge is 0.210 e. The van der Waals surface area contributed by atoms with E-state index in [1.807, 2.05) is 0 Å². The van der Waals surface area contributed by atoms with Gasteiger partial charge in [-0.05, 0) is 87.6 Å². The number of rotatable bonds is 1. The van der Waals surface area contributed by atoms with Gasteiger partial charge in [0.15, 0.2) is 6.21 Å². The number of aromatic amines is 1. The Morgan fingerprint density at radius 3 is 2.50 bits per heavy atom. The Hall–Kier alpha value is -2.09. The maximum absolute atomic E-state index is 3.49. The van der Waals surface area contributed by atoms with E-state index in [2.05, 4.69) is 62.2 Å². The molecule has 0 amide bonds. The summed E-state index contributed by atoms with van der Waals surface area (Å²) >= 11 is 0. The second-order valence-electron chi connectivity index (χ2n) is 7.56. The van der Waals surface area contributed by atoms with E-state index in [1.54, 1.807) is 0 Å². The molecule has 0 saturated carbocycles. The molecule has 0 radical (unpaired) electrons. The average molecular weight is 319 g/mol. The lowest BCUT2D eigenvalue weighted by Gasteiger charge is -2.29. The standard InChI is InChI=1S/C22H26N2/c1-13-11-23-21(15(13)3)18-7-5-17-6-8-19(10-20(17)9-18)22-16(4)14(2)12-24-22/h9-12,17,23H,5-8H2,1-4H3/p+1. The highest BCUT2D eigenvalue weighted by molar-refractivity contribution is 5.78. The van der Waals surface area contributed by atoms with Crippen molar-refractivity contribution in [3.05, 3.63) is 63.2 Å². The minimum Gasteiger partial charge on any atom is -0.361 e. The van der Waals surface area contributed by atoms with Gasteiger partial charge in [0.2, 0.25) is 5.70 Å². The van der Waals surface area contributed by atoms with Crippen LogP contribution in [0, 0.1) is 19.8 Å². The van der Waals surface area contributed by atoms with Crippen LogP contribution in [0.15, 0.2) is 46.3 Å². The fourth-order valence-electron chi connectivity index (χ4n) is 4.21. The lowest BCUT2D eigenvalue weighted by Crippen LogP contribution is -2.64. The first-order valence-electron chi connectivity index (χ1n) is 9.12. The molecule has 4 rings (SSSR count). The Kier molecular flexibility index (Phi) is 3.71. The number of hydrogen-bond donors (Lipinski definition) is 2. The summed E-state index contributed by atoms with van der Waals surface area (Å²) in [5.41, 5.74) is 12.7. The van der Waals surface area contributed by atoms with Crippen LogP contribution in [-0.2, 0) is 0 Å². The Morgan fingerprint density at radius 2 is 1.83 bits per heavy atom. The van der Waals surface area contributed by atoms with Crippen molar-refractivity contribution in [2.75, 3.05) is 0 Å². The third-order valence-corrected chi connectivity index (χ3v) is 6.12. The lowest BCUT2D eigenvalue weighted by molar-refractivity contribution is -0.383. The maximum atomic E-state index is 3.49. The summed E-state index contributed by atoms with van der Waals surface area (Å²) in [6.07, 6.45) is 14.1. The molecule has 0 aromatic carbocycles. The van der Waals surface area contributed by atoms with E-state index < -0.39 is 0 Å². The van der Waals surface area contributed by atoms with Crippen molar-refractivity contribution in [2.24, 2.45) is 5.92 Å². The van der Waals surface area contributed by atoms with Gasteiger partial charge in [-0.3, -0.25) is 0 Å². The first-order chi connectivity index (χ1) is 11.5. The van der Waals surface area contributed by atoms with Gasteiger partial charge < -0.3 is 4.98 Å². The van der Waals surface area contributed by atoms with Crippen LogP contribution in [0.25, 0.3) is 5.57 Å². The van der Waals surface area contributed by atoms with Crippen LogP contribution in [0.5, 0.6) is 0 Å². The van der Waals surface area contributed by atoms with Gasteiger partial charge in [-0.15, -0.1) is 0 Å². The van der Waals surface area contributed by atoms with E-state index in [0.717, 1.165) is 5.92 Å². The first-order valence-corrected chi connectivity index (χ1v) is 9.12. The normalized spacial score (nSPS) is 26.6. The van der Waals surface area contributed by atoms with Crippen LogP contribution in [-0.4, -0.2) is 11.2 Å². The van der Waals surface area contributed by atoms with Crippen LogP contribution in [0.1, 0.15) is 56.4 Å². The molecule has 24 heavy (non-hydrogen) atoms. The van der Waals surface area contributed by atoms with Gasteiger partial charge >= 0.3 is 0 Å². The molecule has 0 spiro atoms. The second-order valence-corrected chi connectivity index (χ2v) is 7.56. The molecule has 0 bridgehead atoms. The number of allylic oxidation sites excluding steroid dienone is 7. The summed E-state index contributed by atoms with van der Waals surface area (Å²) in [5.74, 6) is 0.741. The Morgan fingerprint density at radius 1 is 1.04 bits per heavy atom. The third-order valence-electron chi connectivity index (χ3n) is 6.12. The molecule has 3 aliphatic rings. The Labute approximate surface area is 144 Å². The van der Waals surface area contributed by atoms with Gasteiger partial charge in [0.1, 0.15) is 0 Å². The zero-order chi connectivity index (χ0) is 16.8. The van der Waals surface area contributed by atoms with E-state index in [0.29, 0.717) is 0 Å². The van der Waals surface area contributed by atoms with E-state index in [-0.39, 0.29) is 0 Å². The topological polar surface area (TPSA) is 29.8 Å². The number of aryl methyl sites for hydroxylation is 1. The Bertz CT molecular complexity index is 853. The highest BCUT2D eigenvalue weighted by atomic mass is 14.8. The van der Waals surface area contributed by atoms with Crippen molar-refractivity contribution in [3.63, 3.8) is 0 Å². The number of hydrogen-bond acceptors (Lipinski definition) is 0. The number of nitrogens with one attached hydrogen (secondary N) is 2. The lowest BCUT2D eigenvalue weighted by atomic mass is 9.76. The summed E-state index contributed by atoms with van der Waals surface area (Å²) in [6, 6.07) is 0. The Balaban J connectivity index is 1.75. The fraction of sp³-hybridized carbons (Fsp3) is 0.409. The van der Waals surface area contributed by atoms with Crippen molar-refractivity contribution in [3.8, 4) is 0 Å². The summed E-state index contributed by atoms with van der Waals surface area (Å²) in [7, 11) is 0. The molecule has 1 unspecified atom stereocenters. The molecule has 2 heterocycles. The van der Waals surface area contributed by atoms with Crippen molar-refractivity contribution in [1.82, 2.24) is 4.98 Å². The zero-order valence-electron chi connectivity index (χ0n) is 15.2. The number of aromatic nitrogens is 1. The summed E-state index contributed by atoms with van der Waals surface area (Å²) in [4.78, 5) is 6.97. The van der Waals surface area contributed by atoms with Crippen LogP contribution in [0.2, 0.25) is 0 Å². The van der Waals surface area contributed by atoms with Crippen LogP contribution in [0.4, 0.5) is 0 Å². The molecule has 1 aromatic rings. The largest absolute Gasteiger partial charge is 0.361 e. The minimum atomic E-state index is 0.741. The van der Waals surface area contributed by atoms with Gasteiger partial charge in [0.05, 0.1) is 0 Å². The first kappa shape index (κ1) is 15.4. The summed E-state index contributed by atoms with van der Waals surface area (Å²) < 4.78 is 0. The minimum absolute atomic E-state index is 0.741. The van der Waals surface area contributed by atoms with Gasteiger partial charge in [0.25, 0.3) is 0 Å². The molecule has 124 valence electrons. The molecule has 2 heteroatoms. The van der Waals surface area contributed by atoms with Gasteiger partial charge in [-0.25, -0.2) is 4.99 Å². The van der Waals surface area contributed by atoms with E-state index in [1.165, 1.54) is 76.1 Å². The second kappa shape index (κ2) is 5.77. The molecule has 2 nitrogen and oxygen atoms in total. The summed E-state index contributed by atoms with van der Waals surface area (Å²) in [5, 5.41) is 0.